The molecule has 0 aliphatic heterocycles. The van der Waals surface area contributed by atoms with Gasteiger partial charge in [-0.2, -0.15) is 0 Å². The summed E-state index contributed by atoms with van der Waals surface area (Å²) in [6.45, 7) is 0. The van der Waals surface area contributed by atoms with Gasteiger partial charge in [0.25, 0.3) is 0 Å². The number of benzene rings is 1. The number of ether oxygens (including phenoxy) is 1. The maximum absolute atomic E-state index is 7.36. The van der Waals surface area contributed by atoms with Crippen molar-refractivity contribution in [2.75, 3.05) is 0 Å². The number of nitrogen functional groups attached to an aromatic ring is 1. The minimum atomic E-state index is -0.0628. The molecule has 7 heteroatoms. The van der Waals surface area contributed by atoms with Crippen LogP contribution in [0, 0.1) is 5.41 Å². The average Bonchev–Trinajstić information content (AvgIpc) is 2.36. The topological polar surface area (TPSA) is 72.0 Å². The number of amidine groups is 1. The Morgan fingerprint density at radius 3 is 2.68 bits per heavy atom. The molecule has 3 N–H and O–H groups in total. The van der Waals surface area contributed by atoms with E-state index in [9.17, 15) is 0 Å². The van der Waals surface area contributed by atoms with Gasteiger partial charge in [-0.15, -0.1) is 0 Å². The van der Waals surface area contributed by atoms with Crippen LogP contribution in [-0.4, -0.2) is 10.8 Å². The van der Waals surface area contributed by atoms with Gasteiger partial charge in [-0.25, -0.2) is 4.98 Å². The van der Waals surface area contributed by atoms with Crippen LogP contribution in [0.1, 0.15) is 5.56 Å². The molecule has 0 atom stereocenters. The predicted molar refractivity (Wildman–Crippen MR) is 79.5 cm³/mol. The zero-order valence-electron chi connectivity index (χ0n) is 9.45. The molecule has 0 bridgehead atoms. The summed E-state index contributed by atoms with van der Waals surface area (Å²) in [5.74, 6) is 0.600. The summed E-state index contributed by atoms with van der Waals surface area (Å²) >= 11 is 15.3. The molecule has 0 spiro atoms. The lowest BCUT2D eigenvalue weighted by atomic mass is 10.2. The van der Waals surface area contributed by atoms with E-state index in [4.69, 9.17) is 39.1 Å². The fraction of sp³-hybridized carbons (Fsp3) is 0. The third-order valence-electron chi connectivity index (χ3n) is 2.24. The van der Waals surface area contributed by atoms with Crippen molar-refractivity contribution in [1.82, 2.24) is 4.98 Å². The second-order valence-electron chi connectivity index (χ2n) is 3.60. The lowest BCUT2D eigenvalue weighted by Gasteiger charge is -2.09. The Hall–Kier alpha value is -1.30. The molecule has 0 aliphatic rings. The van der Waals surface area contributed by atoms with Crippen molar-refractivity contribution in [3.05, 3.63) is 50.5 Å². The third-order valence-corrected chi connectivity index (χ3v) is 3.73. The van der Waals surface area contributed by atoms with E-state index in [0.717, 1.165) is 0 Å². The number of nitrogens with one attached hydrogen (secondary N) is 1. The Morgan fingerprint density at radius 2 is 2.00 bits per heavy atom. The van der Waals surface area contributed by atoms with E-state index in [1.807, 2.05) is 0 Å². The van der Waals surface area contributed by atoms with Crippen LogP contribution >= 0.6 is 39.1 Å². The van der Waals surface area contributed by atoms with Gasteiger partial charge in [0.15, 0.2) is 0 Å². The largest absolute Gasteiger partial charge is 0.437 e. The van der Waals surface area contributed by atoms with Crippen LogP contribution in [0.4, 0.5) is 0 Å². The van der Waals surface area contributed by atoms with Gasteiger partial charge in [0, 0.05) is 28.4 Å². The summed E-state index contributed by atoms with van der Waals surface area (Å²) in [5.41, 5.74) is 5.91. The normalized spacial score (nSPS) is 10.3. The highest BCUT2D eigenvalue weighted by atomic mass is 79.9. The number of pyridine rings is 1. The fourth-order valence-corrected chi connectivity index (χ4v) is 2.16. The van der Waals surface area contributed by atoms with E-state index in [0.29, 0.717) is 25.8 Å². The number of aromatic nitrogens is 1. The minimum Gasteiger partial charge on any atom is -0.437 e. The SMILES string of the molecule is N=C(N)c1ccnc(Oc2cc(Cl)c(Br)cc2Cl)c1. The molecule has 0 fully saturated rings. The van der Waals surface area contributed by atoms with Crippen molar-refractivity contribution in [2.45, 2.75) is 0 Å². The van der Waals surface area contributed by atoms with Crippen molar-refractivity contribution < 1.29 is 4.74 Å². The molecule has 0 saturated heterocycles. The van der Waals surface area contributed by atoms with Gasteiger partial charge in [-0.3, -0.25) is 5.41 Å². The predicted octanol–water partition coefficient (Wildman–Crippen LogP) is 4.23. The monoisotopic (exact) mass is 359 g/mol. The van der Waals surface area contributed by atoms with Gasteiger partial charge >= 0.3 is 0 Å². The number of hydrogen-bond donors (Lipinski definition) is 2. The van der Waals surface area contributed by atoms with Crippen LogP contribution in [-0.2, 0) is 0 Å². The van der Waals surface area contributed by atoms with Crippen LogP contribution in [0.5, 0.6) is 11.6 Å². The summed E-state index contributed by atoms with van der Waals surface area (Å²) in [5, 5.41) is 8.23. The smallest absolute Gasteiger partial charge is 0.219 e. The van der Waals surface area contributed by atoms with Gasteiger partial charge in [0.1, 0.15) is 11.6 Å². The van der Waals surface area contributed by atoms with Gasteiger partial charge in [-0.1, -0.05) is 23.2 Å². The van der Waals surface area contributed by atoms with Crippen LogP contribution in [0.15, 0.2) is 34.9 Å². The molecule has 1 heterocycles. The van der Waals surface area contributed by atoms with Gasteiger partial charge in [0.05, 0.1) is 10.0 Å². The number of nitrogens with zero attached hydrogens (tertiary/aromatic N) is 1. The molecular formula is C12H8BrCl2N3O. The fourth-order valence-electron chi connectivity index (χ4n) is 1.33. The van der Waals surface area contributed by atoms with Gasteiger partial charge < -0.3 is 10.5 Å². The second-order valence-corrected chi connectivity index (χ2v) is 5.26. The molecule has 2 aromatic rings. The molecule has 1 aromatic heterocycles. The first-order chi connectivity index (χ1) is 8.97. The summed E-state index contributed by atoms with van der Waals surface area (Å²) in [6.07, 6.45) is 1.50. The molecule has 0 saturated carbocycles. The quantitative estimate of drug-likeness (QED) is 0.488. The highest BCUT2D eigenvalue weighted by Crippen LogP contribution is 2.36. The van der Waals surface area contributed by atoms with Crippen LogP contribution in [0.2, 0.25) is 10.0 Å². The van der Waals surface area contributed by atoms with E-state index in [-0.39, 0.29) is 11.7 Å². The molecule has 98 valence electrons. The Morgan fingerprint density at radius 1 is 1.26 bits per heavy atom. The molecule has 0 amide bonds. The highest BCUT2D eigenvalue weighted by Gasteiger charge is 2.09. The molecule has 0 aliphatic carbocycles. The van der Waals surface area contributed by atoms with Gasteiger partial charge in [0.2, 0.25) is 5.88 Å². The average molecular weight is 361 g/mol. The second kappa shape index (κ2) is 5.77. The number of nitrogens with two attached hydrogens (primary N) is 1. The molecule has 0 unspecified atom stereocenters. The third kappa shape index (κ3) is 3.37. The number of hydrogen-bond acceptors (Lipinski definition) is 3. The molecule has 19 heavy (non-hydrogen) atoms. The van der Waals surface area contributed by atoms with E-state index in [1.54, 1.807) is 24.3 Å². The maximum atomic E-state index is 7.36. The van der Waals surface area contributed by atoms with E-state index < -0.39 is 0 Å². The van der Waals surface area contributed by atoms with Crippen molar-refractivity contribution in [3.8, 4) is 11.6 Å². The van der Waals surface area contributed by atoms with Gasteiger partial charge in [-0.05, 0) is 28.1 Å². The van der Waals surface area contributed by atoms with Crippen LogP contribution < -0.4 is 10.5 Å². The highest BCUT2D eigenvalue weighted by molar-refractivity contribution is 9.10. The Balaban J connectivity index is 2.33. The molecule has 4 nitrogen and oxygen atoms in total. The first kappa shape index (κ1) is 14.1. The molecule has 0 radical (unpaired) electrons. The van der Waals surface area contributed by atoms with Crippen molar-refractivity contribution in [2.24, 2.45) is 5.73 Å². The Labute approximate surface area is 128 Å². The summed E-state index contributed by atoms with van der Waals surface area (Å²) in [4.78, 5) is 4.02. The Bertz CT molecular complexity index is 649. The lowest BCUT2D eigenvalue weighted by Crippen LogP contribution is -2.11. The summed E-state index contributed by atoms with van der Waals surface area (Å²) < 4.78 is 6.21. The van der Waals surface area contributed by atoms with Crippen molar-refractivity contribution >= 4 is 45.0 Å². The van der Waals surface area contributed by atoms with Crippen LogP contribution in [0.25, 0.3) is 0 Å². The first-order valence-electron chi connectivity index (χ1n) is 5.10. The summed E-state index contributed by atoms with van der Waals surface area (Å²) in [7, 11) is 0. The standard InChI is InChI=1S/C12H8BrCl2N3O/c13-7-4-9(15)10(5-8(7)14)19-11-3-6(12(16)17)1-2-18-11/h1-5H,(H3,16,17). The molecular weight excluding hydrogens is 353 g/mol. The Kier molecular flexibility index (Phi) is 4.29. The maximum Gasteiger partial charge on any atom is 0.219 e. The van der Waals surface area contributed by atoms with E-state index in [1.165, 1.54) is 6.20 Å². The number of rotatable bonds is 3. The van der Waals surface area contributed by atoms with E-state index >= 15 is 0 Å². The lowest BCUT2D eigenvalue weighted by molar-refractivity contribution is 0.463. The van der Waals surface area contributed by atoms with E-state index in [2.05, 4.69) is 20.9 Å². The molecule has 1 aromatic carbocycles. The first-order valence-corrected chi connectivity index (χ1v) is 6.65. The number of halogens is 3. The van der Waals surface area contributed by atoms with Crippen LogP contribution in [0.3, 0.4) is 0 Å². The van der Waals surface area contributed by atoms with Crippen molar-refractivity contribution in [1.29, 1.82) is 5.41 Å². The van der Waals surface area contributed by atoms with Crippen molar-refractivity contribution in [3.63, 3.8) is 0 Å². The summed E-state index contributed by atoms with van der Waals surface area (Å²) in [6, 6.07) is 6.38. The zero-order chi connectivity index (χ0) is 14.0. The molecule has 2 rings (SSSR count). The zero-order valence-corrected chi connectivity index (χ0v) is 12.6. The minimum absolute atomic E-state index is 0.0628.